The number of hydrogen-bond acceptors (Lipinski definition) is 5. The predicted molar refractivity (Wildman–Crippen MR) is 104 cm³/mol. The zero-order valence-corrected chi connectivity index (χ0v) is 16.1. The molecule has 2 aromatic carbocycles. The van der Waals surface area contributed by atoms with Gasteiger partial charge in [0.1, 0.15) is 17.6 Å². The lowest BCUT2D eigenvalue weighted by Crippen LogP contribution is -2.55. The molecule has 9 heteroatoms. The van der Waals surface area contributed by atoms with E-state index < -0.39 is 34.7 Å². The molecule has 152 valence electrons. The van der Waals surface area contributed by atoms with E-state index in [2.05, 4.69) is 5.32 Å². The standard InChI is InChI=1S/C20H20FN3O5/c1-11(2)18-20(26)23(16-10-15(24(27)28)8-9-17(16)29-18)12(3)19(25)22-14-6-4-13(21)5-7-14/h4-12,18H,1-3H3,(H,22,25). The van der Waals surface area contributed by atoms with Crippen molar-refractivity contribution in [3.8, 4) is 5.75 Å². The molecule has 29 heavy (non-hydrogen) atoms. The molecule has 2 atom stereocenters. The van der Waals surface area contributed by atoms with Crippen molar-refractivity contribution in [2.75, 3.05) is 10.2 Å². The van der Waals surface area contributed by atoms with Crippen molar-refractivity contribution < 1.29 is 23.6 Å². The Balaban J connectivity index is 1.97. The van der Waals surface area contributed by atoms with E-state index in [-0.39, 0.29) is 23.0 Å². The summed E-state index contributed by atoms with van der Waals surface area (Å²) in [6, 6.07) is 8.14. The highest BCUT2D eigenvalue weighted by molar-refractivity contribution is 6.08. The van der Waals surface area contributed by atoms with Gasteiger partial charge in [0.05, 0.1) is 10.6 Å². The van der Waals surface area contributed by atoms with E-state index in [9.17, 15) is 24.1 Å². The fourth-order valence-electron chi connectivity index (χ4n) is 3.07. The predicted octanol–water partition coefficient (Wildman–Crippen LogP) is 3.51. The highest BCUT2D eigenvalue weighted by Gasteiger charge is 2.41. The fourth-order valence-corrected chi connectivity index (χ4v) is 3.07. The van der Waals surface area contributed by atoms with E-state index >= 15 is 0 Å². The van der Waals surface area contributed by atoms with Gasteiger partial charge in [-0.25, -0.2) is 4.39 Å². The molecule has 2 unspecified atom stereocenters. The van der Waals surface area contributed by atoms with Gasteiger partial charge in [-0.05, 0) is 43.2 Å². The van der Waals surface area contributed by atoms with Crippen LogP contribution in [-0.4, -0.2) is 28.9 Å². The number of non-ortho nitro benzene ring substituents is 1. The van der Waals surface area contributed by atoms with Crippen molar-refractivity contribution in [2.24, 2.45) is 5.92 Å². The van der Waals surface area contributed by atoms with E-state index in [1.54, 1.807) is 13.8 Å². The summed E-state index contributed by atoms with van der Waals surface area (Å²) in [6.07, 6.45) is -0.829. The van der Waals surface area contributed by atoms with E-state index in [0.29, 0.717) is 5.69 Å². The van der Waals surface area contributed by atoms with E-state index in [1.165, 1.54) is 54.3 Å². The summed E-state index contributed by atoms with van der Waals surface area (Å²) in [7, 11) is 0. The van der Waals surface area contributed by atoms with Gasteiger partial charge < -0.3 is 10.1 Å². The minimum atomic E-state index is -0.988. The first-order valence-corrected chi connectivity index (χ1v) is 9.03. The smallest absolute Gasteiger partial charge is 0.271 e. The van der Waals surface area contributed by atoms with Crippen LogP contribution in [0.3, 0.4) is 0 Å². The average molecular weight is 401 g/mol. The van der Waals surface area contributed by atoms with Crippen molar-refractivity contribution in [1.82, 2.24) is 0 Å². The number of fused-ring (bicyclic) bond motifs is 1. The van der Waals surface area contributed by atoms with Gasteiger partial charge in [-0.2, -0.15) is 0 Å². The van der Waals surface area contributed by atoms with Crippen LogP contribution in [0.15, 0.2) is 42.5 Å². The first kappa shape index (κ1) is 20.2. The number of nitro benzene ring substituents is 1. The van der Waals surface area contributed by atoms with Crippen molar-refractivity contribution in [1.29, 1.82) is 0 Å². The van der Waals surface area contributed by atoms with Gasteiger partial charge in [-0.15, -0.1) is 0 Å². The summed E-state index contributed by atoms with van der Waals surface area (Å²) in [5, 5.41) is 13.8. The molecule has 0 spiro atoms. The number of hydrogen-bond donors (Lipinski definition) is 1. The van der Waals surface area contributed by atoms with Crippen LogP contribution in [0, 0.1) is 21.8 Å². The monoisotopic (exact) mass is 401 g/mol. The number of amides is 2. The lowest BCUT2D eigenvalue weighted by molar-refractivity contribution is -0.384. The van der Waals surface area contributed by atoms with Crippen molar-refractivity contribution in [2.45, 2.75) is 32.9 Å². The molecular formula is C20H20FN3O5. The normalized spacial score (nSPS) is 16.8. The second kappa shape index (κ2) is 7.86. The van der Waals surface area contributed by atoms with Gasteiger partial charge in [0.15, 0.2) is 6.10 Å². The molecule has 2 aromatic rings. The molecular weight excluding hydrogens is 381 g/mol. The maximum atomic E-state index is 13.1. The Morgan fingerprint density at radius 3 is 2.45 bits per heavy atom. The van der Waals surface area contributed by atoms with Crippen LogP contribution in [0.5, 0.6) is 5.75 Å². The molecule has 1 N–H and O–H groups in total. The fraction of sp³-hybridized carbons (Fsp3) is 0.300. The first-order valence-electron chi connectivity index (χ1n) is 9.03. The summed E-state index contributed by atoms with van der Waals surface area (Å²) >= 11 is 0. The number of ether oxygens (including phenoxy) is 1. The third kappa shape index (κ3) is 4.03. The Bertz CT molecular complexity index is 961. The molecule has 1 heterocycles. The van der Waals surface area contributed by atoms with Gasteiger partial charge in [0.2, 0.25) is 5.91 Å². The molecule has 3 rings (SSSR count). The molecule has 0 aliphatic carbocycles. The van der Waals surface area contributed by atoms with Gasteiger partial charge in [-0.3, -0.25) is 24.6 Å². The number of carbonyl (C=O) groups excluding carboxylic acids is 2. The molecule has 0 saturated carbocycles. The highest BCUT2D eigenvalue weighted by atomic mass is 19.1. The van der Waals surface area contributed by atoms with E-state index in [1.807, 2.05) is 0 Å². The number of halogens is 1. The first-order chi connectivity index (χ1) is 13.7. The largest absolute Gasteiger partial charge is 0.478 e. The third-order valence-corrected chi connectivity index (χ3v) is 4.63. The SMILES string of the molecule is CC(C)C1Oc2ccc([N+](=O)[O-])cc2N(C(C)C(=O)Nc2ccc(F)cc2)C1=O. The lowest BCUT2D eigenvalue weighted by atomic mass is 10.0. The van der Waals surface area contributed by atoms with Crippen LogP contribution in [-0.2, 0) is 9.59 Å². The quantitative estimate of drug-likeness (QED) is 0.610. The van der Waals surface area contributed by atoms with Crippen molar-refractivity contribution in [3.63, 3.8) is 0 Å². The minimum Gasteiger partial charge on any atom is -0.478 e. The number of benzene rings is 2. The molecule has 0 aromatic heterocycles. The number of carbonyl (C=O) groups is 2. The highest BCUT2D eigenvalue weighted by Crippen LogP contribution is 2.39. The second-order valence-electron chi connectivity index (χ2n) is 7.07. The zero-order valence-electron chi connectivity index (χ0n) is 16.1. The number of nitrogens with zero attached hydrogens (tertiary/aromatic N) is 2. The molecule has 0 radical (unpaired) electrons. The average Bonchev–Trinajstić information content (AvgIpc) is 2.68. The summed E-state index contributed by atoms with van der Waals surface area (Å²) in [4.78, 5) is 37.6. The summed E-state index contributed by atoms with van der Waals surface area (Å²) in [5.74, 6) is -1.32. The Labute approximate surface area is 166 Å². The van der Waals surface area contributed by atoms with Gasteiger partial charge >= 0.3 is 0 Å². The molecule has 0 bridgehead atoms. The number of nitrogens with one attached hydrogen (secondary N) is 1. The molecule has 1 aliphatic rings. The molecule has 0 fully saturated rings. The van der Waals surface area contributed by atoms with E-state index in [4.69, 9.17) is 4.74 Å². The Kier molecular flexibility index (Phi) is 5.49. The number of anilines is 2. The topological polar surface area (TPSA) is 102 Å². The van der Waals surface area contributed by atoms with Crippen LogP contribution >= 0.6 is 0 Å². The lowest BCUT2D eigenvalue weighted by Gasteiger charge is -2.38. The summed E-state index contributed by atoms with van der Waals surface area (Å²) < 4.78 is 18.8. The maximum Gasteiger partial charge on any atom is 0.271 e. The van der Waals surface area contributed by atoms with Crippen LogP contribution in [0.1, 0.15) is 20.8 Å². The summed E-state index contributed by atoms with van der Waals surface area (Å²) in [6.45, 7) is 5.13. The van der Waals surface area contributed by atoms with Gasteiger partial charge in [0, 0.05) is 17.8 Å². The van der Waals surface area contributed by atoms with Crippen LogP contribution < -0.4 is 15.0 Å². The number of nitro groups is 1. The molecule has 0 saturated heterocycles. The molecule has 1 aliphatic heterocycles. The minimum absolute atomic E-state index is 0.155. The van der Waals surface area contributed by atoms with E-state index in [0.717, 1.165) is 0 Å². The molecule has 2 amide bonds. The third-order valence-electron chi connectivity index (χ3n) is 4.63. The molecule has 8 nitrogen and oxygen atoms in total. The van der Waals surface area contributed by atoms with Gasteiger partial charge in [0.25, 0.3) is 11.6 Å². The second-order valence-corrected chi connectivity index (χ2v) is 7.07. The van der Waals surface area contributed by atoms with Crippen molar-refractivity contribution >= 4 is 28.9 Å². The van der Waals surface area contributed by atoms with Gasteiger partial charge in [-0.1, -0.05) is 13.8 Å². The van der Waals surface area contributed by atoms with Crippen LogP contribution in [0.25, 0.3) is 0 Å². The Hall–Kier alpha value is -3.49. The Morgan fingerprint density at radius 2 is 1.86 bits per heavy atom. The maximum absolute atomic E-state index is 13.1. The van der Waals surface area contributed by atoms with Crippen LogP contribution in [0.4, 0.5) is 21.5 Å². The number of rotatable bonds is 5. The summed E-state index contributed by atoms with van der Waals surface area (Å²) in [5.41, 5.74) is 0.297. The van der Waals surface area contributed by atoms with Crippen LogP contribution in [0.2, 0.25) is 0 Å². The van der Waals surface area contributed by atoms with Crippen molar-refractivity contribution in [3.05, 3.63) is 58.4 Å². The Morgan fingerprint density at radius 1 is 1.21 bits per heavy atom. The zero-order chi connectivity index (χ0) is 21.3.